The smallest absolute Gasteiger partial charge is 0.273 e. The van der Waals surface area contributed by atoms with Gasteiger partial charge in [-0.2, -0.15) is 4.31 Å². The molecule has 0 aliphatic carbocycles. The van der Waals surface area contributed by atoms with Gasteiger partial charge >= 0.3 is 0 Å². The standard InChI is InChI=1S/C15H21N3O6S2/c1-4-10(2)16-15(19)12-8-25-9-17(12)26(22,23)14-6-5-11(18(20)21)7-13(14)24-3/h5-7,10,12H,4,8-9H2,1-3H3,(H,16,19). The number of carbonyl (C=O) groups is 1. The largest absolute Gasteiger partial charge is 0.495 e. The number of hydrogen-bond acceptors (Lipinski definition) is 7. The summed E-state index contributed by atoms with van der Waals surface area (Å²) in [4.78, 5) is 22.5. The fraction of sp³-hybridized carbons (Fsp3) is 0.533. The molecule has 144 valence electrons. The molecule has 1 heterocycles. The van der Waals surface area contributed by atoms with Crippen molar-refractivity contribution in [3.63, 3.8) is 0 Å². The fourth-order valence-corrected chi connectivity index (χ4v) is 5.71. The van der Waals surface area contributed by atoms with Gasteiger partial charge in [-0.3, -0.25) is 14.9 Å². The van der Waals surface area contributed by atoms with Crippen LogP contribution in [0.2, 0.25) is 0 Å². The van der Waals surface area contributed by atoms with Crippen LogP contribution in [0.25, 0.3) is 0 Å². The number of rotatable bonds is 7. The van der Waals surface area contributed by atoms with Gasteiger partial charge in [-0.05, 0) is 19.4 Å². The number of thioether (sulfide) groups is 1. The minimum atomic E-state index is -4.06. The third-order valence-electron chi connectivity index (χ3n) is 4.09. The first kappa shape index (κ1) is 20.5. The van der Waals surface area contributed by atoms with E-state index in [1.54, 1.807) is 0 Å². The zero-order valence-corrected chi connectivity index (χ0v) is 16.3. The summed E-state index contributed by atoms with van der Waals surface area (Å²) in [6.07, 6.45) is 0.731. The number of nitrogens with zero attached hydrogens (tertiary/aromatic N) is 2. The Morgan fingerprint density at radius 1 is 1.54 bits per heavy atom. The molecular weight excluding hydrogens is 382 g/mol. The van der Waals surface area contributed by atoms with Crippen LogP contribution in [0.3, 0.4) is 0 Å². The number of methoxy groups -OCH3 is 1. The maximum absolute atomic E-state index is 13.0. The number of non-ortho nitro benzene ring substituents is 1. The van der Waals surface area contributed by atoms with E-state index in [1.165, 1.54) is 18.9 Å². The minimum Gasteiger partial charge on any atom is -0.495 e. The van der Waals surface area contributed by atoms with Crippen LogP contribution in [0.5, 0.6) is 5.75 Å². The molecule has 2 atom stereocenters. The Labute approximate surface area is 156 Å². The van der Waals surface area contributed by atoms with Crippen LogP contribution >= 0.6 is 11.8 Å². The highest BCUT2D eigenvalue weighted by atomic mass is 32.2. The zero-order valence-electron chi connectivity index (χ0n) is 14.7. The molecule has 1 aliphatic heterocycles. The van der Waals surface area contributed by atoms with Crippen LogP contribution < -0.4 is 10.1 Å². The molecule has 26 heavy (non-hydrogen) atoms. The van der Waals surface area contributed by atoms with Crippen molar-refractivity contribution < 1.29 is 22.9 Å². The van der Waals surface area contributed by atoms with Gasteiger partial charge in [-0.15, -0.1) is 11.8 Å². The summed E-state index contributed by atoms with van der Waals surface area (Å²) >= 11 is 1.33. The van der Waals surface area contributed by atoms with Crippen molar-refractivity contribution in [1.82, 2.24) is 9.62 Å². The van der Waals surface area contributed by atoms with Gasteiger partial charge < -0.3 is 10.1 Å². The summed E-state index contributed by atoms with van der Waals surface area (Å²) < 4.78 is 32.2. The van der Waals surface area contributed by atoms with Gasteiger partial charge in [0.15, 0.2) is 0 Å². The quantitative estimate of drug-likeness (QED) is 0.542. The van der Waals surface area contributed by atoms with Crippen LogP contribution in [-0.4, -0.2) is 54.4 Å². The van der Waals surface area contributed by atoms with Crippen LogP contribution in [0, 0.1) is 10.1 Å². The predicted octanol–water partition coefficient (Wildman–Crippen LogP) is 1.58. The van der Waals surface area contributed by atoms with Crippen molar-refractivity contribution in [2.45, 2.75) is 37.2 Å². The summed E-state index contributed by atoms with van der Waals surface area (Å²) in [5.41, 5.74) is -0.275. The molecule has 1 amide bonds. The first-order valence-electron chi connectivity index (χ1n) is 7.94. The number of ether oxygens (including phenoxy) is 1. The topological polar surface area (TPSA) is 119 Å². The van der Waals surface area contributed by atoms with Crippen molar-refractivity contribution in [2.24, 2.45) is 0 Å². The van der Waals surface area contributed by atoms with E-state index in [1.807, 2.05) is 13.8 Å². The highest BCUT2D eigenvalue weighted by molar-refractivity contribution is 8.00. The molecule has 0 saturated carbocycles. The Balaban J connectivity index is 2.37. The number of benzene rings is 1. The van der Waals surface area contributed by atoms with Crippen LogP contribution in [0.4, 0.5) is 5.69 Å². The number of sulfonamides is 1. The Bertz CT molecular complexity index is 799. The van der Waals surface area contributed by atoms with E-state index in [4.69, 9.17) is 4.74 Å². The molecule has 1 aromatic carbocycles. The lowest BCUT2D eigenvalue weighted by Gasteiger charge is -2.24. The van der Waals surface area contributed by atoms with Gasteiger partial charge in [0, 0.05) is 17.9 Å². The summed E-state index contributed by atoms with van der Waals surface area (Å²) in [6, 6.07) is 2.40. The number of amides is 1. The van der Waals surface area contributed by atoms with Crippen molar-refractivity contribution >= 4 is 33.4 Å². The number of nitro groups is 1. The van der Waals surface area contributed by atoms with E-state index in [0.29, 0.717) is 5.75 Å². The second-order valence-corrected chi connectivity index (χ2v) is 8.68. The normalized spacial score (nSPS) is 19.1. The Kier molecular flexibility index (Phi) is 6.48. The lowest BCUT2D eigenvalue weighted by atomic mass is 10.2. The first-order chi connectivity index (χ1) is 12.2. The minimum absolute atomic E-state index is 0.0634. The number of nitrogens with one attached hydrogen (secondary N) is 1. The van der Waals surface area contributed by atoms with Crippen molar-refractivity contribution in [3.8, 4) is 5.75 Å². The third kappa shape index (κ3) is 4.10. The lowest BCUT2D eigenvalue weighted by molar-refractivity contribution is -0.385. The highest BCUT2D eigenvalue weighted by Gasteiger charge is 2.41. The van der Waals surface area contributed by atoms with E-state index in [0.717, 1.165) is 28.9 Å². The molecule has 1 aromatic rings. The first-order valence-corrected chi connectivity index (χ1v) is 10.5. The molecule has 11 heteroatoms. The predicted molar refractivity (Wildman–Crippen MR) is 97.7 cm³/mol. The Morgan fingerprint density at radius 2 is 2.23 bits per heavy atom. The second-order valence-electron chi connectivity index (χ2n) is 5.82. The molecule has 1 saturated heterocycles. The molecule has 0 aromatic heterocycles. The number of carbonyl (C=O) groups excluding carboxylic acids is 1. The van der Waals surface area contributed by atoms with E-state index < -0.39 is 21.0 Å². The SMILES string of the molecule is CCC(C)NC(=O)C1CSCN1S(=O)(=O)c1ccc([N+](=O)[O-])cc1OC. The van der Waals surface area contributed by atoms with Gasteiger partial charge in [0.1, 0.15) is 16.7 Å². The maximum atomic E-state index is 13.0. The van der Waals surface area contributed by atoms with Gasteiger partial charge in [0.05, 0.1) is 24.0 Å². The molecule has 0 bridgehead atoms. The van der Waals surface area contributed by atoms with E-state index in [9.17, 15) is 23.3 Å². The molecule has 9 nitrogen and oxygen atoms in total. The molecule has 2 unspecified atom stereocenters. The van der Waals surface area contributed by atoms with Crippen molar-refractivity contribution in [2.75, 3.05) is 18.7 Å². The zero-order chi connectivity index (χ0) is 19.5. The monoisotopic (exact) mass is 403 g/mol. The molecule has 1 aliphatic rings. The summed E-state index contributed by atoms with van der Waals surface area (Å²) in [7, 11) is -2.82. The van der Waals surface area contributed by atoms with Crippen LogP contribution in [-0.2, 0) is 14.8 Å². The van der Waals surface area contributed by atoms with Gasteiger partial charge in [-0.1, -0.05) is 6.92 Å². The van der Waals surface area contributed by atoms with E-state index >= 15 is 0 Å². The number of nitro benzene ring substituents is 1. The van der Waals surface area contributed by atoms with Gasteiger partial charge in [0.25, 0.3) is 5.69 Å². The molecule has 1 N–H and O–H groups in total. The van der Waals surface area contributed by atoms with E-state index in [2.05, 4.69) is 5.32 Å². The molecule has 1 fully saturated rings. The maximum Gasteiger partial charge on any atom is 0.273 e. The summed E-state index contributed by atoms with van der Waals surface area (Å²) in [5.74, 6) is -0.0105. The number of hydrogen-bond donors (Lipinski definition) is 1. The molecule has 0 radical (unpaired) electrons. The highest BCUT2D eigenvalue weighted by Crippen LogP contribution is 2.34. The summed E-state index contributed by atoms with van der Waals surface area (Å²) in [6.45, 7) is 3.77. The third-order valence-corrected chi connectivity index (χ3v) is 7.16. The molecule has 0 spiro atoms. The van der Waals surface area contributed by atoms with Crippen LogP contribution in [0.15, 0.2) is 23.1 Å². The van der Waals surface area contributed by atoms with E-state index in [-0.39, 0.29) is 34.2 Å². The Hall–Kier alpha value is -1.85. The van der Waals surface area contributed by atoms with Gasteiger partial charge in [0.2, 0.25) is 15.9 Å². The van der Waals surface area contributed by atoms with Crippen LogP contribution in [0.1, 0.15) is 20.3 Å². The lowest BCUT2D eigenvalue weighted by Crippen LogP contribution is -2.49. The molecule has 2 rings (SSSR count). The van der Waals surface area contributed by atoms with Gasteiger partial charge in [-0.25, -0.2) is 8.42 Å². The second kappa shape index (κ2) is 8.23. The average molecular weight is 403 g/mol. The van der Waals surface area contributed by atoms with Crippen molar-refractivity contribution in [1.29, 1.82) is 0 Å². The average Bonchev–Trinajstić information content (AvgIpc) is 3.11. The fourth-order valence-electron chi connectivity index (χ4n) is 2.42. The molecular formula is C15H21N3O6S2. The van der Waals surface area contributed by atoms with Crippen molar-refractivity contribution in [3.05, 3.63) is 28.3 Å². The Morgan fingerprint density at radius 3 is 2.81 bits per heavy atom. The summed E-state index contributed by atoms with van der Waals surface area (Å²) in [5, 5.41) is 13.7.